The minimum absolute atomic E-state index is 0.0138. The van der Waals surface area contributed by atoms with E-state index in [9.17, 15) is 9.59 Å². The van der Waals surface area contributed by atoms with Gasteiger partial charge >= 0.3 is 11.9 Å². The standard InChI is InChI=1S/C19H26O7/c1-5-8-10-25-15(4)13-26-19(17(20)23-6-2,18(21)24-7-3)12-16-9-11-22-14-16/h1,9,11,14-15H,6-8,10,12-13H2,2-4H3. The Morgan fingerprint density at radius 3 is 2.42 bits per heavy atom. The molecule has 0 saturated carbocycles. The quantitative estimate of drug-likeness (QED) is 0.242. The Kier molecular flexibility index (Phi) is 9.48. The maximum atomic E-state index is 12.6. The minimum atomic E-state index is -1.93. The highest BCUT2D eigenvalue weighted by molar-refractivity contribution is 6.04. The van der Waals surface area contributed by atoms with Crippen LogP contribution in [-0.2, 0) is 35.0 Å². The van der Waals surface area contributed by atoms with Crippen LogP contribution in [0.15, 0.2) is 23.0 Å². The third-order valence-corrected chi connectivity index (χ3v) is 3.46. The first-order chi connectivity index (χ1) is 12.5. The van der Waals surface area contributed by atoms with Gasteiger partial charge in [-0.25, -0.2) is 9.59 Å². The van der Waals surface area contributed by atoms with Crippen molar-refractivity contribution in [1.82, 2.24) is 0 Å². The van der Waals surface area contributed by atoms with E-state index in [1.165, 1.54) is 12.5 Å². The van der Waals surface area contributed by atoms with E-state index in [2.05, 4.69) is 5.92 Å². The molecule has 26 heavy (non-hydrogen) atoms. The van der Waals surface area contributed by atoms with Crippen LogP contribution in [0, 0.1) is 12.3 Å². The van der Waals surface area contributed by atoms with Crippen molar-refractivity contribution >= 4 is 11.9 Å². The van der Waals surface area contributed by atoms with Crippen LogP contribution in [0.1, 0.15) is 32.8 Å². The van der Waals surface area contributed by atoms with Crippen molar-refractivity contribution in [3.8, 4) is 12.3 Å². The second-order valence-corrected chi connectivity index (χ2v) is 5.52. The first-order valence-electron chi connectivity index (χ1n) is 8.54. The molecule has 0 spiro atoms. The summed E-state index contributed by atoms with van der Waals surface area (Å²) in [5.41, 5.74) is -1.33. The van der Waals surface area contributed by atoms with E-state index in [1.807, 2.05) is 0 Å². The fourth-order valence-electron chi connectivity index (χ4n) is 2.20. The summed E-state index contributed by atoms with van der Waals surface area (Å²) in [5, 5.41) is 0. The number of terminal acetylenes is 1. The maximum Gasteiger partial charge on any atom is 0.350 e. The van der Waals surface area contributed by atoms with Crippen LogP contribution in [0.2, 0.25) is 0 Å². The topological polar surface area (TPSA) is 84.2 Å². The predicted molar refractivity (Wildman–Crippen MR) is 93.2 cm³/mol. The van der Waals surface area contributed by atoms with Gasteiger partial charge in [-0.1, -0.05) is 0 Å². The molecule has 0 amide bonds. The smallest absolute Gasteiger partial charge is 0.350 e. The molecule has 0 saturated heterocycles. The molecule has 1 rings (SSSR count). The number of rotatable bonds is 12. The van der Waals surface area contributed by atoms with Gasteiger partial charge in [0, 0.05) is 12.8 Å². The molecule has 0 aliphatic carbocycles. The summed E-state index contributed by atoms with van der Waals surface area (Å²) in [6.07, 6.45) is 8.08. The summed E-state index contributed by atoms with van der Waals surface area (Å²) in [7, 11) is 0. The molecule has 1 heterocycles. The number of furan rings is 1. The van der Waals surface area contributed by atoms with E-state index in [-0.39, 0.29) is 32.3 Å². The molecule has 1 unspecified atom stereocenters. The summed E-state index contributed by atoms with van der Waals surface area (Å²) >= 11 is 0. The molecular weight excluding hydrogens is 340 g/mol. The number of hydrogen-bond acceptors (Lipinski definition) is 7. The zero-order valence-corrected chi connectivity index (χ0v) is 15.5. The van der Waals surface area contributed by atoms with Gasteiger partial charge in [-0.3, -0.25) is 0 Å². The third kappa shape index (κ3) is 6.21. The van der Waals surface area contributed by atoms with Crippen LogP contribution in [-0.4, -0.2) is 50.1 Å². The zero-order chi connectivity index (χ0) is 19.4. The number of hydrogen-bond donors (Lipinski definition) is 0. The van der Waals surface area contributed by atoms with Gasteiger partial charge in [0.25, 0.3) is 5.60 Å². The van der Waals surface area contributed by atoms with E-state index in [1.54, 1.807) is 26.8 Å². The SMILES string of the molecule is C#CCCOC(C)COC(Cc1ccoc1)(C(=O)OCC)C(=O)OCC. The molecule has 0 aliphatic heterocycles. The highest BCUT2D eigenvalue weighted by Crippen LogP contribution is 2.24. The molecule has 1 aromatic rings. The fourth-order valence-corrected chi connectivity index (χ4v) is 2.20. The van der Waals surface area contributed by atoms with Crippen LogP contribution >= 0.6 is 0 Å². The van der Waals surface area contributed by atoms with Crippen LogP contribution in [0.3, 0.4) is 0 Å². The molecule has 1 aromatic heterocycles. The summed E-state index contributed by atoms with van der Waals surface area (Å²) in [5.74, 6) is 0.851. The molecule has 0 aliphatic rings. The highest BCUT2D eigenvalue weighted by Gasteiger charge is 2.51. The van der Waals surface area contributed by atoms with Crippen LogP contribution < -0.4 is 0 Å². The fraction of sp³-hybridized carbons (Fsp3) is 0.579. The molecule has 0 radical (unpaired) electrons. The number of carbonyl (C=O) groups excluding carboxylic acids is 2. The second-order valence-electron chi connectivity index (χ2n) is 5.52. The summed E-state index contributed by atoms with van der Waals surface area (Å²) in [4.78, 5) is 25.3. The van der Waals surface area contributed by atoms with Crippen LogP contribution in [0.5, 0.6) is 0 Å². The Hall–Kier alpha value is -2.30. The maximum absolute atomic E-state index is 12.6. The first-order valence-corrected chi connectivity index (χ1v) is 8.54. The van der Waals surface area contributed by atoms with Gasteiger partial charge in [-0.15, -0.1) is 12.3 Å². The summed E-state index contributed by atoms with van der Waals surface area (Å²) in [6.45, 7) is 5.60. The lowest BCUT2D eigenvalue weighted by molar-refractivity contribution is -0.194. The van der Waals surface area contributed by atoms with Crippen LogP contribution in [0.25, 0.3) is 0 Å². The number of esters is 2. The van der Waals surface area contributed by atoms with Gasteiger partial charge in [0.15, 0.2) is 0 Å². The normalized spacial score (nSPS) is 12.2. The lowest BCUT2D eigenvalue weighted by Gasteiger charge is -2.30. The Bertz CT molecular complexity index is 568. The molecule has 7 nitrogen and oxygen atoms in total. The summed E-state index contributed by atoms with van der Waals surface area (Å²) in [6, 6.07) is 1.64. The van der Waals surface area contributed by atoms with Crippen molar-refractivity contribution < 1.29 is 33.0 Å². The van der Waals surface area contributed by atoms with E-state index in [0.717, 1.165) is 0 Å². The lowest BCUT2D eigenvalue weighted by Crippen LogP contribution is -2.54. The van der Waals surface area contributed by atoms with Gasteiger partial charge in [0.1, 0.15) is 0 Å². The average molecular weight is 366 g/mol. The molecule has 1 atom stereocenters. The zero-order valence-electron chi connectivity index (χ0n) is 15.5. The highest BCUT2D eigenvalue weighted by atomic mass is 16.6. The van der Waals surface area contributed by atoms with Gasteiger partial charge in [0.2, 0.25) is 0 Å². The van der Waals surface area contributed by atoms with E-state index >= 15 is 0 Å². The second kappa shape index (κ2) is 11.3. The molecular formula is C19H26O7. The largest absolute Gasteiger partial charge is 0.472 e. The van der Waals surface area contributed by atoms with Crippen molar-refractivity contribution in [3.05, 3.63) is 24.2 Å². The Morgan fingerprint density at radius 2 is 1.92 bits per heavy atom. The summed E-state index contributed by atoms with van der Waals surface area (Å²) < 4.78 is 26.5. The van der Waals surface area contributed by atoms with Gasteiger partial charge in [0.05, 0.1) is 45.1 Å². The molecule has 144 valence electrons. The van der Waals surface area contributed by atoms with E-state index in [4.69, 9.17) is 29.8 Å². The molecule has 0 fully saturated rings. The molecule has 0 aromatic carbocycles. The van der Waals surface area contributed by atoms with Crippen molar-refractivity contribution in [2.75, 3.05) is 26.4 Å². The average Bonchev–Trinajstić information content (AvgIpc) is 3.12. The number of ether oxygens (including phenoxy) is 4. The number of carbonyl (C=O) groups is 2. The van der Waals surface area contributed by atoms with Crippen molar-refractivity contribution in [1.29, 1.82) is 0 Å². The Labute approximate surface area is 153 Å². The van der Waals surface area contributed by atoms with Crippen LogP contribution in [0.4, 0.5) is 0 Å². The van der Waals surface area contributed by atoms with Crippen molar-refractivity contribution in [2.24, 2.45) is 0 Å². The lowest BCUT2D eigenvalue weighted by atomic mass is 9.95. The van der Waals surface area contributed by atoms with Crippen molar-refractivity contribution in [3.63, 3.8) is 0 Å². The first kappa shape index (κ1) is 21.7. The van der Waals surface area contributed by atoms with Crippen molar-refractivity contribution in [2.45, 2.75) is 45.3 Å². The van der Waals surface area contributed by atoms with E-state index in [0.29, 0.717) is 18.6 Å². The Balaban J connectivity index is 3.01. The monoisotopic (exact) mass is 366 g/mol. The molecule has 7 heteroatoms. The van der Waals surface area contributed by atoms with Gasteiger partial charge in [-0.05, 0) is 32.4 Å². The molecule has 0 N–H and O–H groups in total. The van der Waals surface area contributed by atoms with E-state index < -0.39 is 17.5 Å². The molecule has 0 bridgehead atoms. The predicted octanol–water partition coefficient (Wildman–Crippen LogP) is 2.13. The van der Waals surface area contributed by atoms with Gasteiger partial charge in [-0.2, -0.15) is 0 Å². The minimum Gasteiger partial charge on any atom is -0.472 e. The van der Waals surface area contributed by atoms with Gasteiger partial charge < -0.3 is 23.4 Å². The third-order valence-electron chi connectivity index (χ3n) is 3.46. The Morgan fingerprint density at radius 1 is 1.27 bits per heavy atom.